The van der Waals surface area contributed by atoms with Gasteiger partial charge in [0.2, 0.25) is 0 Å². The second-order valence-corrected chi connectivity index (χ2v) is 14.6. The summed E-state index contributed by atoms with van der Waals surface area (Å²) in [7, 11) is 9.50. The second kappa shape index (κ2) is 19.3. The monoisotopic (exact) mass is 681 g/mol. The molecule has 0 unspecified atom stereocenters. The average Bonchev–Trinajstić information content (AvgIpc) is 2.75. The first-order valence-electron chi connectivity index (χ1n) is 15.3. The molecular formula is C32H65Br2N3O2. The maximum absolute atomic E-state index is 11.4. The lowest BCUT2D eigenvalue weighted by molar-refractivity contribution is -0.917. The van der Waals surface area contributed by atoms with Crippen molar-refractivity contribution in [3.8, 4) is 0 Å². The van der Waals surface area contributed by atoms with Crippen molar-refractivity contribution >= 4 is 5.97 Å². The van der Waals surface area contributed by atoms with Crippen molar-refractivity contribution in [2.45, 2.75) is 135 Å². The van der Waals surface area contributed by atoms with Crippen LogP contribution in [0.15, 0.2) is 12.2 Å². The fraction of sp³-hybridized carbons (Fsp3) is 0.906. The summed E-state index contributed by atoms with van der Waals surface area (Å²) < 4.78 is 7.39. The van der Waals surface area contributed by atoms with Gasteiger partial charge in [0, 0.05) is 35.9 Å². The lowest BCUT2D eigenvalue weighted by Crippen LogP contribution is -3.00. The molecule has 0 radical (unpaired) electrons. The zero-order valence-corrected chi connectivity index (χ0v) is 30.4. The summed E-state index contributed by atoms with van der Waals surface area (Å²) in [5.74, 6) is -0.269. The molecule has 1 heterocycles. The van der Waals surface area contributed by atoms with Crippen molar-refractivity contribution in [2.24, 2.45) is 0 Å². The van der Waals surface area contributed by atoms with Crippen LogP contribution < -0.4 is 39.3 Å². The zero-order chi connectivity index (χ0) is 28.2. The number of unbranched alkanes of at least 4 members (excludes halogenated alkanes) is 9. The maximum Gasteiger partial charge on any atom is 0.333 e. The van der Waals surface area contributed by atoms with Gasteiger partial charge >= 0.3 is 5.97 Å². The summed E-state index contributed by atoms with van der Waals surface area (Å²) in [6.45, 7) is 18.9. The summed E-state index contributed by atoms with van der Waals surface area (Å²) >= 11 is 0. The van der Waals surface area contributed by atoms with Gasteiger partial charge in [-0.05, 0) is 60.3 Å². The molecule has 0 saturated carbocycles. The molecule has 0 spiro atoms. The van der Waals surface area contributed by atoms with E-state index in [9.17, 15) is 4.79 Å². The summed E-state index contributed by atoms with van der Waals surface area (Å²) in [5.41, 5.74) is 0.952. The highest BCUT2D eigenvalue weighted by molar-refractivity contribution is 5.86. The van der Waals surface area contributed by atoms with E-state index in [4.69, 9.17) is 4.74 Å². The first-order chi connectivity index (χ1) is 17.1. The van der Waals surface area contributed by atoms with E-state index in [0.717, 1.165) is 23.5 Å². The fourth-order valence-corrected chi connectivity index (χ4v) is 6.31. The molecule has 0 aromatic rings. The first kappa shape index (κ1) is 41.2. The minimum atomic E-state index is -0.269. The summed E-state index contributed by atoms with van der Waals surface area (Å²) in [5, 5.41) is 3.84. The fourth-order valence-electron chi connectivity index (χ4n) is 6.31. The van der Waals surface area contributed by atoms with Gasteiger partial charge in [-0.15, -0.1) is 0 Å². The molecule has 0 amide bonds. The molecule has 0 aromatic carbocycles. The summed E-state index contributed by atoms with van der Waals surface area (Å²) in [6, 6.07) is 0.752. The Kier molecular flexibility index (Phi) is 20.4. The van der Waals surface area contributed by atoms with Gasteiger partial charge in [0.15, 0.2) is 0 Å². The van der Waals surface area contributed by atoms with E-state index >= 15 is 0 Å². The topological polar surface area (TPSA) is 38.3 Å². The molecule has 1 aliphatic rings. The number of quaternary nitrogens is 2. The summed E-state index contributed by atoms with van der Waals surface area (Å²) in [6.07, 6.45) is 17.2. The zero-order valence-electron chi connectivity index (χ0n) is 27.3. The number of ether oxygens (including phenoxy) is 1. The van der Waals surface area contributed by atoms with Gasteiger partial charge in [-0.3, -0.25) is 0 Å². The molecule has 1 fully saturated rings. The Hall–Kier alpha value is 0.0500. The van der Waals surface area contributed by atoms with Crippen molar-refractivity contribution in [1.82, 2.24) is 5.32 Å². The Balaban J connectivity index is 0. The lowest BCUT2D eigenvalue weighted by Gasteiger charge is -2.51. The molecule has 234 valence electrons. The molecular weight excluding hydrogens is 618 g/mol. The van der Waals surface area contributed by atoms with Crippen LogP contribution in [-0.4, -0.2) is 86.5 Å². The van der Waals surface area contributed by atoms with E-state index in [1.807, 2.05) is 0 Å². The van der Waals surface area contributed by atoms with Gasteiger partial charge in [0.25, 0.3) is 0 Å². The Labute approximate surface area is 264 Å². The van der Waals surface area contributed by atoms with Crippen LogP contribution in [0.4, 0.5) is 0 Å². The van der Waals surface area contributed by atoms with Gasteiger partial charge in [0.1, 0.15) is 0 Å². The van der Waals surface area contributed by atoms with Crippen LogP contribution in [0.5, 0.6) is 0 Å². The molecule has 0 atom stereocenters. The Morgan fingerprint density at radius 2 is 1.13 bits per heavy atom. The Morgan fingerprint density at radius 3 is 1.56 bits per heavy atom. The molecule has 39 heavy (non-hydrogen) atoms. The molecule has 1 N–H and O–H groups in total. The molecule has 7 heteroatoms. The smallest absolute Gasteiger partial charge is 0.333 e. The molecule has 0 aliphatic carbocycles. The molecule has 1 saturated heterocycles. The molecule has 0 bridgehead atoms. The van der Waals surface area contributed by atoms with Crippen LogP contribution in [0, 0.1) is 0 Å². The number of halogens is 2. The van der Waals surface area contributed by atoms with Crippen LogP contribution >= 0.6 is 0 Å². The molecule has 1 rings (SSSR count). The van der Waals surface area contributed by atoms with Crippen molar-refractivity contribution in [2.75, 3.05) is 54.4 Å². The van der Waals surface area contributed by atoms with Gasteiger partial charge in [0.05, 0.1) is 60.5 Å². The van der Waals surface area contributed by atoms with Crippen LogP contribution in [0.25, 0.3) is 0 Å². The van der Waals surface area contributed by atoms with Gasteiger partial charge < -0.3 is 53.0 Å². The average molecular weight is 684 g/mol. The quantitative estimate of drug-likeness (QED) is 0.0952. The standard InChI is InChI=1S/C32H65N3O2.2BrH/c1-28(2)30(36)37-25-21-23-34(7,8)22-19-17-15-13-11-12-14-16-18-20-24-35(9,10)29-26-31(3,4)33-32(5,6)27-29;;/h29,33H,1,11-27H2,2-10H3;2*1H/q+2;;/p-2. The first-order valence-corrected chi connectivity index (χ1v) is 15.3. The molecule has 5 nitrogen and oxygen atoms in total. The van der Waals surface area contributed by atoms with Crippen molar-refractivity contribution < 1.29 is 52.5 Å². The number of rotatable bonds is 19. The van der Waals surface area contributed by atoms with Crippen molar-refractivity contribution in [3.05, 3.63) is 12.2 Å². The third-order valence-electron chi connectivity index (χ3n) is 8.39. The van der Waals surface area contributed by atoms with E-state index in [0.29, 0.717) is 12.2 Å². The number of carbonyl (C=O) groups is 1. The Morgan fingerprint density at radius 1 is 0.744 bits per heavy atom. The van der Waals surface area contributed by atoms with Crippen LogP contribution in [0.3, 0.4) is 0 Å². The largest absolute Gasteiger partial charge is 1.00 e. The van der Waals surface area contributed by atoms with E-state index in [1.54, 1.807) is 6.92 Å². The van der Waals surface area contributed by atoms with E-state index in [-0.39, 0.29) is 51.0 Å². The molecule has 1 aliphatic heterocycles. The van der Waals surface area contributed by atoms with Gasteiger partial charge in [-0.25, -0.2) is 4.79 Å². The van der Waals surface area contributed by atoms with E-state index in [1.165, 1.54) is 94.6 Å². The maximum atomic E-state index is 11.4. The van der Waals surface area contributed by atoms with E-state index in [2.05, 4.69) is 67.8 Å². The number of nitrogens with zero attached hydrogens (tertiary/aromatic N) is 2. The number of esters is 1. The minimum absolute atomic E-state index is 0. The minimum Gasteiger partial charge on any atom is -1.00 e. The number of nitrogens with one attached hydrogen (secondary N) is 1. The lowest BCUT2D eigenvalue weighted by atomic mass is 9.78. The number of hydrogen-bond donors (Lipinski definition) is 1. The van der Waals surface area contributed by atoms with Crippen LogP contribution in [0.1, 0.15) is 118 Å². The number of carbonyl (C=O) groups excluding carboxylic acids is 1. The highest BCUT2D eigenvalue weighted by Crippen LogP contribution is 2.33. The highest BCUT2D eigenvalue weighted by atomic mass is 79.9. The summed E-state index contributed by atoms with van der Waals surface area (Å²) in [4.78, 5) is 11.4. The number of piperidine rings is 1. The number of hydrogen-bond acceptors (Lipinski definition) is 3. The van der Waals surface area contributed by atoms with Gasteiger partial charge in [-0.2, -0.15) is 0 Å². The highest BCUT2D eigenvalue weighted by Gasteiger charge is 2.44. The Bertz CT molecular complexity index is 677. The molecule has 0 aromatic heterocycles. The van der Waals surface area contributed by atoms with Crippen LogP contribution in [0.2, 0.25) is 0 Å². The van der Waals surface area contributed by atoms with Crippen LogP contribution in [-0.2, 0) is 9.53 Å². The third kappa shape index (κ3) is 19.0. The third-order valence-corrected chi connectivity index (χ3v) is 8.39. The van der Waals surface area contributed by atoms with Crippen molar-refractivity contribution in [1.29, 1.82) is 0 Å². The van der Waals surface area contributed by atoms with Crippen molar-refractivity contribution in [3.63, 3.8) is 0 Å². The predicted octanol–water partition coefficient (Wildman–Crippen LogP) is 0.867. The predicted molar refractivity (Wildman–Crippen MR) is 160 cm³/mol. The second-order valence-electron chi connectivity index (χ2n) is 14.6. The normalized spacial score (nSPS) is 17.2. The van der Waals surface area contributed by atoms with E-state index < -0.39 is 0 Å². The van der Waals surface area contributed by atoms with Gasteiger partial charge in [-0.1, -0.05) is 45.1 Å². The SMILES string of the molecule is C=C(C)C(=O)OCCC[N+](C)(C)CCCCCCCCCCCC[N+](C)(C)C1CC(C)(C)NC(C)(C)C1.[Br-].[Br-].